The second-order valence-electron chi connectivity index (χ2n) is 5.73. The van der Waals surface area contributed by atoms with Gasteiger partial charge < -0.3 is 5.73 Å². The number of nitrogens with zero attached hydrogens (tertiary/aromatic N) is 1. The molecule has 0 aliphatic heterocycles. The van der Waals surface area contributed by atoms with Crippen molar-refractivity contribution in [2.45, 2.75) is 44.6 Å². The molecule has 0 heterocycles. The highest BCUT2D eigenvalue weighted by Crippen LogP contribution is 2.30. The summed E-state index contributed by atoms with van der Waals surface area (Å²) >= 11 is 0. The smallest absolute Gasteiger partial charge is 0.279 e. The zero-order chi connectivity index (χ0) is 13.2. The van der Waals surface area contributed by atoms with Crippen molar-refractivity contribution >= 4 is 22.6 Å². The summed E-state index contributed by atoms with van der Waals surface area (Å²) in [7, 11) is -1.71. The summed E-state index contributed by atoms with van der Waals surface area (Å²) < 4.78 is 28.6. The molecule has 5 nitrogen and oxygen atoms in total. The van der Waals surface area contributed by atoms with Crippen LogP contribution in [0.5, 0.6) is 0 Å². The summed E-state index contributed by atoms with van der Waals surface area (Å²) in [5.41, 5.74) is 5.73. The first kappa shape index (κ1) is 17.2. The molecule has 2 fully saturated rings. The van der Waals surface area contributed by atoms with E-state index in [0.29, 0.717) is 24.9 Å². The first-order valence-corrected chi connectivity index (χ1v) is 8.40. The molecule has 7 heteroatoms. The Morgan fingerprint density at radius 1 is 1.26 bits per heavy atom. The Bertz CT molecular complexity index is 367. The maximum atomic E-state index is 12.2. The van der Waals surface area contributed by atoms with E-state index in [0.717, 1.165) is 25.7 Å². The lowest BCUT2D eigenvalue weighted by Gasteiger charge is -2.26. The lowest BCUT2D eigenvalue weighted by molar-refractivity contribution is 0.381. The fraction of sp³-hybridized carbons (Fsp3) is 1.00. The highest BCUT2D eigenvalue weighted by atomic mass is 35.5. The van der Waals surface area contributed by atoms with Gasteiger partial charge in [-0.15, -0.1) is 12.4 Å². The molecule has 3 N–H and O–H groups in total. The molecule has 0 radical (unpaired) electrons. The normalized spacial score (nSPS) is 22.5. The summed E-state index contributed by atoms with van der Waals surface area (Å²) in [6.45, 7) is 1.03. The molecular formula is C12H26ClN3O2S. The Morgan fingerprint density at radius 3 is 2.32 bits per heavy atom. The molecule has 0 aromatic rings. The minimum absolute atomic E-state index is 0. The van der Waals surface area contributed by atoms with E-state index in [1.54, 1.807) is 7.05 Å². The fourth-order valence-electron chi connectivity index (χ4n) is 2.74. The molecule has 0 spiro atoms. The summed E-state index contributed by atoms with van der Waals surface area (Å²) in [4.78, 5) is 0. The van der Waals surface area contributed by atoms with E-state index >= 15 is 0 Å². The second kappa shape index (κ2) is 7.22. The molecule has 1 unspecified atom stereocenters. The average Bonchev–Trinajstić information content (AvgIpc) is 2.97. The van der Waals surface area contributed by atoms with Gasteiger partial charge in [0.2, 0.25) is 0 Å². The lowest BCUT2D eigenvalue weighted by Crippen LogP contribution is -2.49. The zero-order valence-electron chi connectivity index (χ0n) is 11.5. The van der Waals surface area contributed by atoms with Crippen LogP contribution in [0.15, 0.2) is 0 Å². The molecule has 0 aromatic carbocycles. The number of nitrogens with one attached hydrogen (secondary N) is 1. The first-order chi connectivity index (χ1) is 8.53. The van der Waals surface area contributed by atoms with Gasteiger partial charge in [0, 0.05) is 26.2 Å². The predicted molar refractivity (Wildman–Crippen MR) is 79.5 cm³/mol. The van der Waals surface area contributed by atoms with Crippen molar-refractivity contribution in [3.05, 3.63) is 0 Å². The molecule has 0 aromatic heterocycles. The Kier molecular flexibility index (Phi) is 6.53. The second-order valence-corrected chi connectivity index (χ2v) is 7.54. The van der Waals surface area contributed by atoms with Gasteiger partial charge >= 0.3 is 0 Å². The van der Waals surface area contributed by atoms with E-state index in [-0.39, 0.29) is 18.4 Å². The minimum Gasteiger partial charge on any atom is -0.329 e. The van der Waals surface area contributed by atoms with Crippen LogP contribution >= 0.6 is 12.4 Å². The lowest BCUT2D eigenvalue weighted by atomic mass is 9.99. The van der Waals surface area contributed by atoms with Gasteiger partial charge in [-0.1, -0.05) is 12.8 Å². The summed E-state index contributed by atoms with van der Waals surface area (Å²) in [6, 6.07) is -0.0980. The van der Waals surface area contributed by atoms with E-state index in [4.69, 9.17) is 5.73 Å². The highest BCUT2D eigenvalue weighted by molar-refractivity contribution is 7.87. The molecular weight excluding hydrogens is 286 g/mol. The third-order valence-electron chi connectivity index (χ3n) is 4.15. The largest absolute Gasteiger partial charge is 0.329 e. The van der Waals surface area contributed by atoms with E-state index in [1.807, 2.05) is 0 Å². The molecule has 2 aliphatic carbocycles. The molecule has 2 saturated carbocycles. The zero-order valence-corrected chi connectivity index (χ0v) is 13.2. The van der Waals surface area contributed by atoms with E-state index in [1.165, 1.54) is 17.1 Å². The van der Waals surface area contributed by atoms with Crippen molar-refractivity contribution in [3.63, 3.8) is 0 Å². The highest BCUT2D eigenvalue weighted by Gasteiger charge is 2.32. The molecule has 0 amide bonds. The molecule has 1 atom stereocenters. The van der Waals surface area contributed by atoms with Gasteiger partial charge in [0.1, 0.15) is 0 Å². The maximum Gasteiger partial charge on any atom is 0.279 e. The van der Waals surface area contributed by atoms with Gasteiger partial charge in [-0.3, -0.25) is 0 Å². The minimum atomic E-state index is -3.36. The van der Waals surface area contributed by atoms with E-state index in [2.05, 4.69) is 4.72 Å². The molecule has 2 aliphatic rings. The number of hydrogen-bond donors (Lipinski definition) is 2. The number of rotatable bonds is 7. The third kappa shape index (κ3) is 4.86. The van der Waals surface area contributed by atoms with Crippen LogP contribution in [0, 0.1) is 11.8 Å². The van der Waals surface area contributed by atoms with E-state index in [9.17, 15) is 8.42 Å². The van der Waals surface area contributed by atoms with Crippen molar-refractivity contribution in [1.82, 2.24) is 9.03 Å². The van der Waals surface area contributed by atoms with E-state index < -0.39 is 10.2 Å². The summed E-state index contributed by atoms with van der Waals surface area (Å²) in [5.74, 6) is 0.980. The molecule has 19 heavy (non-hydrogen) atoms. The first-order valence-electron chi connectivity index (χ1n) is 6.96. The third-order valence-corrected chi connectivity index (χ3v) is 5.72. The van der Waals surface area contributed by atoms with Gasteiger partial charge in [0.05, 0.1) is 0 Å². The maximum absolute atomic E-state index is 12.2. The summed E-state index contributed by atoms with van der Waals surface area (Å²) in [6.07, 6.45) is 6.89. The van der Waals surface area contributed by atoms with Crippen molar-refractivity contribution in [1.29, 1.82) is 0 Å². The van der Waals surface area contributed by atoms with Crippen molar-refractivity contribution in [3.8, 4) is 0 Å². The van der Waals surface area contributed by atoms with Crippen LogP contribution in [-0.2, 0) is 10.2 Å². The van der Waals surface area contributed by atoms with Crippen molar-refractivity contribution < 1.29 is 8.42 Å². The SMILES string of the molecule is CN(CC1CC1)S(=O)(=O)NC(CN)C1CCCC1.Cl. The van der Waals surface area contributed by atoms with Crippen LogP contribution in [0.2, 0.25) is 0 Å². The average molecular weight is 312 g/mol. The van der Waals surface area contributed by atoms with Crippen LogP contribution in [-0.4, -0.2) is 38.9 Å². The molecule has 0 bridgehead atoms. The standard InChI is InChI=1S/C12H25N3O2S.ClH/c1-15(9-10-6-7-10)18(16,17)14-12(8-13)11-4-2-3-5-11;/h10-12,14H,2-9,13H2,1H3;1H. The Balaban J connectivity index is 0.00000180. The van der Waals surface area contributed by atoms with Crippen LogP contribution < -0.4 is 10.5 Å². The Labute approximate surface area is 122 Å². The monoisotopic (exact) mass is 311 g/mol. The number of halogens is 1. The van der Waals surface area contributed by atoms with Crippen molar-refractivity contribution in [2.24, 2.45) is 17.6 Å². The molecule has 2 rings (SSSR count). The quantitative estimate of drug-likeness (QED) is 0.739. The fourth-order valence-corrected chi connectivity index (χ4v) is 4.00. The summed E-state index contributed by atoms with van der Waals surface area (Å²) in [5, 5.41) is 0. The van der Waals surface area contributed by atoms with Gasteiger partial charge in [-0.2, -0.15) is 17.4 Å². The van der Waals surface area contributed by atoms with Gasteiger partial charge in [0.15, 0.2) is 0 Å². The van der Waals surface area contributed by atoms with Crippen molar-refractivity contribution in [2.75, 3.05) is 20.1 Å². The Hall–Kier alpha value is 0.120. The van der Waals surface area contributed by atoms with Gasteiger partial charge in [-0.25, -0.2) is 0 Å². The predicted octanol–water partition coefficient (Wildman–Crippen LogP) is 1.10. The molecule has 114 valence electrons. The number of nitrogens with two attached hydrogens (primary N) is 1. The van der Waals surface area contributed by atoms with Crippen LogP contribution in [0.1, 0.15) is 38.5 Å². The van der Waals surface area contributed by atoms with Crippen LogP contribution in [0.25, 0.3) is 0 Å². The molecule has 0 saturated heterocycles. The van der Waals surface area contributed by atoms with Gasteiger partial charge in [0.25, 0.3) is 10.2 Å². The van der Waals surface area contributed by atoms with Crippen LogP contribution in [0.3, 0.4) is 0 Å². The van der Waals surface area contributed by atoms with Gasteiger partial charge in [-0.05, 0) is 37.5 Å². The van der Waals surface area contributed by atoms with Crippen LogP contribution in [0.4, 0.5) is 0 Å². The number of hydrogen-bond acceptors (Lipinski definition) is 3. The Morgan fingerprint density at radius 2 is 1.84 bits per heavy atom. The topological polar surface area (TPSA) is 75.4 Å².